The molecule has 192 valence electrons. The van der Waals surface area contributed by atoms with Crippen molar-refractivity contribution in [3.05, 3.63) is 53.7 Å². The third kappa shape index (κ3) is 5.06. The summed E-state index contributed by atoms with van der Waals surface area (Å²) in [4.78, 5) is 7.79. The molecule has 5 rings (SSSR count). The lowest BCUT2D eigenvalue weighted by atomic mass is 10.1. The molecule has 0 aliphatic carbocycles. The minimum atomic E-state index is -3.25. The number of rotatable bonds is 9. The summed E-state index contributed by atoms with van der Waals surface area (Å²) >= 11 is 1.58. The van der Waals surface area contributed by atoms with Crippen LogP contribution in [0.3, 0.4) is 0 Å². The molecule has 4 N–H and O–H groups in total. The summed E-state index contributed by atoms with van der Waals surface area (Å²) in [6, 6.07) is 7.64. The predicted octanol–water partition coefficient (Wildman–Crippen LogP) is 3.16. The van der Waals surface area contributed by atoms with Crippen LogP contribution in [0.4, 0.5) is 0 Å². The fraction of sp³-hybridized carbons (Fsp3) is 0.375. The minimum Gasteiger partial charge on any atom is -0.464 e. The lowest BCUT2D eigenvalue weighted by Gasteiger charge is -2.26. The molecule has 0 spiro atoms. The van der Waals surface area contributed by atoms with E-state index in [1.807, 2.05) is 37.4 Å². The van der Waals surface area contributed by atoms with Crippen molar-refractivity contribution in [3.8, 4) is 22.8 Å². The number of fused-ring (bicyclic) bond motifs is 2. The Hall–Kier alpha value is -3.09. The zero-order valence-electron chi connectivity index (χ0n) is 20.1. The molecule has 36 heavy (non-hydrogen) atoms. The first-order valence-corrected chi connectivity index (χ1v) is 14.2. The highest BCUT2D eigenvalue weighted by Crippen LogP contribution is 2.45. The Balaban J connectivity index is 1.45. The van der Waals surface area contributed by atoms with Gasteiger partial charge >= 0.3 is 0 Å². The standard InChI is InChI=1S/C24H29N5O5S2/c1-3-36(30,31)27-7-5-8-29-23-22(17(25)10-15(2)13-26-23)28-24(29)35-21-12-20-19(33-14-34-20)11-16(21)18-6-4-9-32-18/h4,6,9,11-13,24,27-28H,3,5,7-8,10,14,25H2,1-2H3. The van der Waals surface area contributed by atoms with Crippen molar-refractivity contribution in [3.63, 3.8) is 0 Å². The van der Waals surface area contributed by atoms with Crippen molar-refractivity contribution >= 4 is 27.6 Å². The second kappa shape index (κ2) is 10.1. The molecule has 0 amide bonds. The molecule has 1 atom stereocenters. The summed E-state index contributed by atoms with van der Waals surface area (Å²) in [6.45, 7) is 4.70. The Bertz CT molecular complexity index is 1330. The van der Waals surface area contributed by atoms with Crippen LogP contribution in [0.25, 0.3) is 11.3 Å². The molecule has 0 saturated carbocycles. The summed E-state index contributed by atoms with van der Waals surface area (Å²) in [5.41, 5.74) is 9.70. The number of nitrogens with two attached hydrogens (primary N) is 1. The third-order valence-corrected chi connectivity index (χ3v) is 8.61. The van der Waals surface area contributed by atoms with E-state index in [0.29, 0.717) is 37.4 Å². The van der Waals surface area contributed by atoms with Crippen molar-refractivity contribution in [2.75, 3.05) is 25.6 Å². The number of furan rings is 1. The maximum absolute atomic E-state index is 11.9. The fourth-order valence-corrected chi connectivity index (χ4v) is 6.03. The van der Waals surface area contributed by atoms with Gasteiger partial charge in [-0.25, -0.2) is 18.1 Å². The molecule has 1 aromatic heterocycles. The summed E-state index contributed by atoms with van der Waals surface area (Å²) in [7, 11) is -3.25. The first-order valence-electron chi connectivity index (χ1n) is 11.7. The van der Waals surface area contributed by atoms with Crippen LogP contribution in [0.15, 0.2) is 68.0 Å². The summed E-state index contributed by atoms with van der Waals surface area (Å²) < 4.78 is 43.3. The molecule has 2 aromatic rings. The Morgan fingerprint density at radius 3 is 2.86 bits per heavy atom. The number of aliphatic imine (C=N–C) groups is 1. The monoisotopic (exact) mass is 531 g/mol. The van der Waals surface area contributed by atoms with Crippen LogP contribution in [0, 0.1) is 0 Å². The maximum atomic E-state index is 11.9. The van der Waals surface area contributed by atoms with Gasteiger partial charge in [0.15, 0.2) is 22.8 Å². The number of nitrogens with zero attached hydrogens (tertiary/aromatic N) is 2. The summed E-state index contributed by atoms with van der Waals surface area (Å²) in [5.74, 6) is 2.87. The number of hydrogen-bond donors (Lipinski definition) is 3. The van der Waals surface area contributed by atoms with Crippen LogP contribution in [0.5, 0.6) is 11.5 Å². The van der Waals surface area contributed by atoms with Crippen molar-refractivity contribution in [1.29, 1.82) is 0 Å². The Kier molecular flexibility index (Phi) is 6.91. The molecule has 1 fully saturated rings. The smallest absolute Gasteiger partial charge is 0.231 e. The zero-order valence-corrected chi connectivity index (χ0v) is 21.7. The van der Waals surface area contributed by atoms with Gasteiger partial charge in [-0.3, -0.25) is 0 Å². The second-order valence-corrected chi connectivity index (χ2v) is 11.9. The summed E-state index contributed by atoms with van der Waals surface area (Å²) in [5, 5.41) is 3.55. The molecule has 1 aromatic carbocycles. The molecule has 1 saturated heterocycles. The van der Waals surface area contributed by atoms with Crippen LogP contribution < -0.4 is 25.2 Å². The quantitative estimate of drug-likeness (QED) is 0.418. The van der Waals surface area contributed by atoms with Crippen LogP contribution in [-0.4, -0.2) is 50.3 Å². The van der Waals surface area contributed by atoms with Crippen molar-refractivity contribution in [1.82, 2.24) is 14.9 Å². The Morgan fingerprint density at radius 1 is 1.31 bits per heavy atom. The van der Waals surface area contributed by atoms with E-state index >= 15 is 0 Å². The van der Waals surface area contributed by atoms with E-state index in [-0.39, 0.29) is 18.0 Å². The van der Waals surface area contributed by atoms with E-state index in [1.54, 1.807) is 24.9 Å². The van der Waals surface area contributed by atoms with Crippen LogP contribution in [0.1, 0.15) is 26.7 Å². The molecule has 4 heterocycles. The van der Waals surface area contributed by atoms with Gasteiger partial charge in [0.2, 0.25) is 16.8 Å². The van der Waals surface area contributed by atoms with Gasteiger partial charge in [0.25, 0.3) is 0 Å². The average molecular weight is 532 g/mol. The molecule has 1 unspecified atom stereocenters. The molecule has 3 aliphatic heterocycles. The number of nitrogens with one attached hydrogen (secondary N) is 2. The second-order valence-electron chi connectivity index (χ2n) is 8.64. The van der Waals surface area contributed by atoms with Gasteiger partial charge < -0.3 is 29.8 Å². The zero-order chi connectivity index (χ0) is 25.3. The molecular weight excluding hydrogens is 502 g/mol. The molecule has 10 nitrogen and oxygen atoms in total. The molecule has 3 aliphatic rings. The first-order chi connectivity index (χ1) is 17.3. The van der Waals surface area contributed by atoms with Gasteiger partial charge in [0.05, 0.1) is 17.7 Å². The van der Waals surface area contributed by atoms with E-state index in [0.717, 1.165) is 39.0 Å². The minimum absolute atomic E-state index is 0.0522. The van der Waals surface area contributed by atoms with Crippen LogP contribution >= 0.6 is 11.8 Å². The number of benzene rings is 1. The third-order valence-electron chi connectivity index (χ3n) is 6.02. The van der Waals surface area contributed by atoms with Gasteiger partial charge in [-0.05, 0) is 50.1 Å². The molecule has 12 heteroatoms. The topological polar surface area (TPSA) is 131 Å². The van der Waals surface area contributed by atoms with E-state index in [9.17, 15) is 8.42 Å². The molecule has 0 radical (unpaired) electrons. The van der Waals surface area contributed by atoms with Gasteiger partial charge in [-0.2, -0.15) is 0 Å². The van der Waals surface area contributed by atoms with Crippen molar-refractivity contribution in [2.24, 2.45) is 10.7 Å². The molecular formula is C24H29N5O5S2. The lowest BCUT2D eigenvalue weighted by Crippen LogP contribution is -2.37. The Morgan fingerprint density at radius 2 is 2.11 bits per heavy atom. The van der Waals surface area contributed by atoms with Gasteiger partial charge in [0.1, 0.15) is 5.76 Å². The lowest BCUT2D eigenvalue weighted by molar-refractivity contribution is 0.174. The Labute approximate surface area is 214 Å². The highest BCUT2D eigenvalue weighted by atomic mass is 32.2. The SMILES string of the molecule is CCS(=O)(=O)NCCCN1C2=NC=C(C)CC(N)=C2NC1Sc1cc2c(cc1-c1ccco1)OCO2. The first kappa shape index (κ1) is 24.6. The van der Waals surface area contributed by atoms with Crippen LogP contribution in [0.2, 0.25) is 0 Å². The van der Waals surface area contributed by atoms with Gasteiger partial charge in [0, 0.05) is 41.9 Å². The number of amidine groups is 1. The van der Waals surface area contributed by atoms with Crippen molar-refractivity contribution < 1.29 is 22.3 Å². The average Bonchev–Trinajstić information content (AvgIpc) is 3.59. The highest BCUT2D eigenvalue weighted by Gasteiger charge is 2.36. The van der Waals surface area contributed by atoms with Gasteiger partial charge in [-0.15, -0.1) is 0 Å². The van der Waals surface area contributed by atoms with Crippen LogP contribution in [-0.2, 0) is 10.0 Å². The predicted molar refractivity (Wildman–Crippen MR) is 139 cm³/mol. The maximum Gasteiger partial charge on any atom is 0.231 e. The highest BCUT2D eigenvalue weighted by molar-refractivity contribution is 8.00. The van der Waals surface area contributed by atoms with Crippen molar-refractivity contribution in [2.45, 2.75) is 37.1 Å². The number of thioether (sulfide) groups is 1. The fourth-order valence-electron chi connectivity index (χ4n) is 4.16. The largest absolute Gasteiger partial charge is 0.464 e. The normalized spacial score (nSPS) is 19.1. The van der Waals surface area contributed by atoms with E-state index in [1.165, 1.54) is 0 Å². The summed E-state index contributed by atoms with van der Waals surface area (Å²) in [6.07, 6.45) is 4.70. The van der Waals surface area contributed by atoms with E-state index in [4.69, 9.17) is 24.6 Å². The number of ether oxygens (including phenoxy) is 2. The number of allylic oxidation sites excluding steroid dienone is 1. The van der Waals surface area contributed by atoms with E-state index < -0.39 is 10.0 Å². The van der Waals surface area contributed by atoms with E-state index in [2.05, 4.69) is 14.9 Å². The molecule has 0 bridgehead atoms. The number of hydrogen-bond acceptors (Lipinski definition) is 10. The van der Waals surface area contributed by atoms with Gasteiger partial charge in [-0.1, -0.05) is 11.8 Å². The number of sulfonamides is 1.